The van der Waals surface area contributed by atoms with Gasteiger partial charge in [-0.15, -0.1) is 0 Å². The van der Waals surface area contributed by atoms with Crippen molar-refractivity contribution in [3.63, 3.8) is 0 Å². The minimum absolute atomic E-state index is 0.0505. The van der Waals surface area contributed by atoms with E-state index in [-0.39, 0.29) is 17.1 Å². The average Bonchev–Trinajstić information content (AvgIpc) is 2.78. The first-order chi connectivity index (χ1) is 11.2. The van der Waals surface area contributed by atoms with Crippen LogP contribution in [0, 0.1) is 0 Å². The highest BCUT2D eigenvalue weighted by Gasteiger charge is 2.51. The molecular weight excluding hydrogens is 303 g/mol. The molecule has 0 N–H and O–H groups in total. The van der Waals surface area contributed by atoms with Gasteiger partial charge in [0.05, 0.1) is 11.2 Å². The van der Waals surface area contributed by atoms with E-state index in [0.29, 0.717) is 18.8 Å². The summed E-state index contributed by atoms with van der Waals surface area (Å²) < 4.78 is 12.0. The molecule has 1 aliphatic rings. The molecule has 0 spiro atoms. The molecule has 1 fully saturated rings. The number of nitrogens with zero attached hydrogens (tertiary/aromatic N) is 2. The van der Waals surface area contributed by atoms with Crippen LogP contribution in [-0.4, -0.2) is 47.2 Å². The zero-order chi connectivity index (χ0) is 18.5. The van der Waals surface area contributed by atoms with Gasteiger partial charge in [0.15, 0.2) is 0 Å². The molecule has 6 heteroatoms. The maximum absolute atomic E-state index is 12.2. The third kappa shape index (κ3) is 4.17. The molecule has 1 aromatic rings. The van der Waals surface area contributed by atoms with Gasteiger partial charge >= 0.3 is 7.12 Å². The van der Waals surface area contributed by atoms with Gasteiger partial charge in [-0.3, -0.25) is 9.78 Å². The van der Waals surface area contributed by atoms with Crippen LogP contribution >= 0.6 is 0 Å². The number of carbonyl (C=O) groups is 1. The van der Waals surface area contributed by atoms with Gasteiger partial charge in [0, 0.05) is 24.7 Å². The van der Waals surface area contributed by atoms with Crippen molar-refractivity contribution < 1.29 is 14.1 Å². The van der Waals surface area contributed by atoms with Crippen LogP contribution in [0.4, 0.5) is 0 Å². The summed E-state index contributed by atoms with van der Waals surface area (Å²) in [5.74, 6) is -0.0505. The van der Waals surface area contributed by atoms with Gasteiger partial charge < -0.3 is 14.2 Å². The maximum Gasteiger partial charge on any atom is 0.496 e. The predicted octanol–water partition coefficient (Wildman–Crippen LogP) is 2.89. The lowest BCUT2D eigenvalue weighted by molar-refractivity contribution is 0.00578. The quantitative estimate of drug-likeness (QED) is 0.795. The van der Waals surface area contributed by atoms with E-state index in [0.717, 1.165) is 5.46 Å². The van der Waals surface area contributed by atoms with Crippen LogP contribution in [0.2, 0.25) is 0 Å². The third-order valence-corrected chi connectivity index (χ3v) is 4.58. The molecular formula is C18H31BN2O3. The van der Waals surface area contributed by atoms with Gasteiger partial charge in [-0.25, -0.2) is 0 Å². The first-order valence-electron chi connectivity index (χ1n) is 8.82. The number of carbonyl (C=O) groups excluding carboxylic acids is 1. The normalized spacial score (nSPS) is 17.9. The largest absolute Gasteiger partial charge is 0.496 e. The molecule has 0 saturated carbocycles. The molecule has 5 nitrogen and oxygen atoms in total. The minimum atomic E-state index is -0.449. The van der Waals surface area contributed by atoms with Gasteiger partial charge in [-0.05, 0) is 47.6 Å². The van der Waals surface area contributed by atoms with Crippen molar-refractivity contribution in [2.24, 2.45) is 0 Å². The summed E-state index contributed by atoms with van der Waals surface area (Å²) in [5.41, 5.74) is 0.513. The Morgan fingerprint density at radius 3 is 1.96 bits per heavy atom. The average molecular weight is 334 g/mol. The van der Waals surface area contributed by atoms with E-state index in [2.05, 4.69) is 4.98 Å². The monoisotopic (exact) mass is 334 g/mol. The predicted molar refractivity (Wildman–Crippen MR) is 98.6 cm³/mol. The topological polar surface area (TPSA) is 51.7 Å². The lowest BCUT2D eigenvalue weighted by Crippen LogP contribution is -2.41. The van der Waals surface area contributed by atoms with E-state index in [1.54, 1.807) is 17.2 Å². The zero-order valence-electron chi connectivity index (χ0n) is 16.3. The van der Waals surface area contributed by atoms with Crippen molar-refractivity contribution in [2.75, 3.05) is 13.1 Å². The van der Waals surface area contributed by atoms with Crippen molar-refractivity contribution in [2.45, 2.75) is 66.6 Å². The third-order valence-electron chi connectivity index (χ3n) is 4.58. The lowest BCUT2D eigenvalue weighted by atomic mass is 9.80. The molecule has 24 heavy (non-hydrogen) atoms. The van der Waals surface area contributed by atoms with Crippen molar-refractivity contribution >= 4 is 18.5 Å². The Bertz CT molecular complexity index is 524. The summed E-state index contributed by atoms with van der Waals surface area (Å²) in [6, 6.07) is 3.59. The molecule has 0 aliphatic carbocycles. The molecule has 2 heterocycles. The van der Waals surface area contributed by atoms with Crippen LogP contribution in [0.5, 0.6) is 0 Å². The van der Waals surface area contributed by atoms with E-state index >= 15 is 0 Å². The summed E-state index contributed by atoms with van der Waals surface area (Å²) in [4.78, 5) is 18.3. The molecule has 0 aromatic carbocycles. The number of pyridine rings is 1. The Balaban J connectivity index is 0.00000139. The fraction of sp³-hybridized carbons (Fsp3) is 0.667. The zero-order valence-corrected chi connectivity index (χ0v) is 16.3. The molecule has 0 atom stereocenters. The molecule has 0 unspecified atom stereocenters. The standard InChI is InChI=1S/C16H25BN2O3.C2H6/c1-7-19(8-2)14(20)13-10-9-12(11-18-13)17-21-15(3,4)16(5,6)22-17;1-2/h9-11H,7-8H2,1-6H3;1-2H3. The first-order valence-corrected chi connectivity index (χ1v) is 8.82. The first kappa shape index (κ1) is 20.6. The van der Waals surface area contributed by atoms with E-state index in [4.69, 9.17) is 9.31 Å². The fourth-order valence-corrected chi connectivity index (χ4v) is 2.32. The van der Waals surface area contributed by atoms with Crippen molar-refractivity contribution in [1.29, 1.82) is 0 Å². The van der Waals surface area contributed by atoms with E-state index in [1.807, 2.05) is 61.5 Å². The number of amides is 1. The Morgan fingerprint density at radius 2 is 1.58 bits per heavy atom. The van der Waals surface area contributed by atoms with Gasteiger partial charge in [-0.1, -0.05) is 19.9 Å². The number of aromatic nitrogens is 1. The summed E-state index contributed by atoms with van der Waals surface area (Å²) in [6.45, 7) is 17.3. The highest BCUT2D eigenvalue weighted by molar-refractivity contribution is 6.62. The molecule has 134 valence electrons. The maximum atomic E-state index is 12.2. The van der Waals surface area contributed by atoms with Crippen LogP contribution in [-0.2, 0) is 9.31 Å². The van der Waals surface area contributed by atoms with Gasteiger partial charge in [0.25, 0.3) is 5.91 Å². The smallest absolute Gasteiger partial charge is 0.399 e. The second kappa shape index (κ2) is 8.12. The van der Waals surface area contributed by atoms with E-state index in [9.17, 15) is 4.79 Å². The summed E-state index contributed by atoms with van der Waals surface area (Å²) in [6.07, 6.45) is 1.67. The Morgan fingerprint density at radius 1 is 1.08 bits per heavy atom. The number of hydrogen-bond donors (Lipinski definition) is 0. The van der Waals surface area contributed by atoms with Crippen LogP contribution in [0.15, 0.2) is 18.3 Å². The Labute approximate surface area is 146 Å². The molecule has 1 aromatic heterocycles. The van der Waals surface area contributed by atoms with Crippen molar-refractivity contribution in [3.8, 4) is 0 Å². The molecule has 1 amide bonds. The fourth-order valence-electron chi connectivity index (χ4n) is 2.32. The SMILES string of the molecule is CC.CCN(CC)C(=O)c1ccc(B2OC(C)(C)C(C)(C)O2)cn1. The van der Waals surface area contributed by atoms with Crippen molar-refractivity contribution in [1.82, 2.24) is 9.88 Å². The second-order valence-electron chi connectivity index (χ2n) is 6.54. The van der Waals surface area contributed by atoms with E-state index < -0.39 is 7.12 Å². The number of rotatable bonds is 4. The van der Waals surface area contributed by atoms with Gasteiger partial charge in [-0.2, -0.15) is 0 Å². The van der Waals surface area contributed by atoms with E-state index in [1.165, 1.54) is 0 Å². The molecule has 1 saturated heterocycles. The van der Waals surface area contributed by atoms with Crippen LogP contribution in [0.25, 0.3) is 0 Å². The minimum Gasteiger partial charge on any atom is -0.399 e. The van der Waals surface area contributed by atoms with Crippen molar-refractivity contribution in [3.05, 3.63) is 24.0 Å². The van der Waals surface area contributed by atoms with Crippen LogP contribution in [0.3, 0.4) is 0 Å². The second-order valence-corrected chi connectivity index (χ2v) is 6.54. The highest BCUT2D eigenvalue weighted by Crippen LogP contribution is 2.36. The van der Waals surface area contributed by atoms with Crippen LogP contribution in [0.1, 0.15) is 65.9 Å². The van der Waals surface area contributed by atoms with Crippen LogP contribution < -0.4 is 5.46 Å². The van der Waals surface area contributed by atoms with Gasteiger partial charge in [0.2, 0.25) is 0 Å². The Hall–Kier alpha value is -1.40. The summed E-state index contributed by atoms with van der Waals surface area (Å²) >= 11 is 0. The molecule has 0 radical (unpaired) electrons. The molecule has 0 bridgehead atoms. The molecule has 2 rings (SSSR count). The summed E-state index contributed by atoms with van der Waals surface area (Å²) in [7, 11) is -0.449. The molecule has 1 aliphatic heterocycles. The highest BCUT2D eigenvalue weighted by atomic mass is 16.7. The number of hydrogen-bond acceptors (Lipinski definition) is 4. The van der Waals surface area contributed by atoms with Gasteiger partial charge in [0.1, 0.15) is 5.69 Å². The lowest BCUT2D eigenvalue weighted by Gasteiger charge is -2.32. The Kier molecular flexibility index (Phi) is 6.99. The summed E-state index contributed by atoms with van der Waals surface area (Å²) in [5, 5.41) is 0.